The van der Waals surface area contributed by atoms with E-state index in [2.05, 4.69) is 10.6 Å². The number of hydrogen-bond acceptors (Lipinski definition) is 4. The Morgan fingerprint density at radius 2 is 1.63 bits per heavy atom. The molecule has 140 valence electrons. The van der Waals surface area contributed by atoms with Crippen molar-refractivity contribution in [3.8, 4) is 11.5 Å². The quantitative estimate of drug-likeness (QED) is 0.805. The van der Waals surface area contributed by atoms with Gasteiger partial charge in [0.05, 0.1) is 11.4 Å². The summed E-state index contributed by atoms with van der Waals surface area (Å²) in [6.45, 7) is 2.12. The van der Waals surface area contributed by atoms with Crippen LogP contribution < -0.4 is 20.1 Å². The smallest absolute Gasteiger partial charge is 0.248 e. The first-order valence-corrected chi connectivity index (χ1v) is 8.08. The van der Waals surface area contributed by atoms with E-state index in [-0.39, 0.29) is 11.4 Å². The largest absolute Gasteiger partial charge is 0.486 e. The van der Waals surface area contributed by atoms with Gasteiger partial charge in [-0.1, -0.05) is 6.07 Å². The van der Waals surface area contributed by atoms with Gasteiger partial charge in [-0.3, -0.25) is 9.59 Å². The third kappa shape index (κ3) is 4.60. The lowest BCUT2D eigenvalue weighted by Gasteiger charge is -2.18. The van der Waals surface area contributed by atoms with E-state index in [1.165, 1.54) is 19.1 Å². The molecule has 8 heteroatoms. The summed E-state index contributed by atoms with van der Waals surface area (Å²) in [4.78, 5) is 23.1. The maximum atomic E-state index is 13.9. The Morgan fingerprint density at radius 3 is 2.33 bits per heavy atom. The summed E-state index contributed by atoms with van der Waals surface area (Å²) >= 11 is 0. The van der Waals surface area contributed by atoms with Crippen molar-refractivity contribution in [1.82, 2.24) is 0 Å². The molecule has 2 aromatic rings. The van der Waals surface area contributed by atoms with Crippen LogP contribution in [0.15, 0.2) is 36.4 Å². The molecule has 2 N–H and O–H groups in total. The molecule has 0 saturated heterocycles. The van der Waals surface area contributed by atoms with Crippen LogP contribution in [-0.2, 0) is 9.59 Å². The van der Waals surface area contributed by atoms with Crippen LogP contribution in [0.25, 0.3) is 6.08 Å². The van der Waals surface area contributed by atoms with Crippen molar-refractivity contribution in [2.75, 3.05) is 23.8 Å². The number of anilines is 2. The van der Waals surface area contributed by atoms with Crippen LogP contribution in [0.2, 0.25) is 0 Å². The number of nitrogens with one attached hydrogen (secondary N) is 2. The van der Waals surface area contributed by atoms with Gasteiger partial charge in [-0.15, -0.1) is 0 Å². The fraction of sp³-hybridized carbons (Fsp3) is 0.158. The molecule has 0 aromatic heterocycles. The van der Waals surface area contributed by atoms with E-state index >= 15 is 0 Å². The second kappa shape index (κ2) is 7.86. The molecule has 0 aliphatic carbocycles. The molecule has 3 rings (SSSR count). The van der Waals surface area contributed by atoms with Crippen molar-refractivity contribution in [1.29, 1.82) is 0 Å². The molecule has 0 radical (unpaired) electrons. The van der Waals surface area contributed by atoms with Crippen LogP contribution in [0.5, 0.6) is 11.5 Å². The van der Waals surface area contributed by atoms with E-state index < -0.39 is 23.4 Å². The average Bonchev–Trinajstić information content (AvgIpc) is 2.63. The van der Waals surface area contributed by atoms with Gasteiger partial charge in [0.15, 0.2) is 11.5 Å². The molecule has 2 aromatic carbocycles. The second-order valence-electron chi connectivity index (χ2n) is 5.72. The Balaban J connectivity index is 1.72. The number of rotatable bonds is 4. The molecule has 0 saturated carbocycles. The first-order chi connectivity index (χ1) is 12.9. The number of hydrogen-bond donors (Lipinski definition) is 2. The summed E-state index contributed by atoms with van der Waals surface area (Å²) in [7, 11) is 0. The maximum Gasteiger partial charge on any atom is 0.248 e. The molecule has 0 atom stereocenters. The second-order valence-corrected chi connectivity index (χ2v) is 5.72. The molecule has 6 nitrogen and oxygen atoms in total. The van der Waals surface area contributed by atoms with Gasteiger partial charge in [0.1, 0.15) is 24.8 Å². The lowest BCUT2D eigenvalue weighted by Crippen LogP contribution is -2.15. The summed E-state index contributed by atoms with van der Waals surface area (Å²) in [5, 5.41) is 4.53. The van der Waals surface area contributed by atoms with Crippen LogP contribution in [0.1, 0.15) is 12.5 Å². The zero-order chi connectivity index (χ0) is 19.4. The fourth-order valence-corrected chi connectivity index (χ4v) is 2.44. The maximum absolute atomic E-state index is 13.9. The van der Waals surface area contributed by atoms with Crippen molar-refractivity contribution < 1.29 is 27.8 Å². The molecule has 1 heterocycles. The molecule has 2 amide bonds. The highest BCUT2D eigenvalue weighted by Crippen LogP contribution is 2.31. The minimum absolute atomic E-state index is 0.227. The monoisotopic (exact) mass is 374 g/mol. The molecule has 0 spiro atoms. The van der Waals surface area contributed by atoms with Crippen molar-refractivity contribution >= 4 is 29.3 Å². The highest BCUT2D eigenvalue weighted by molar-refractivity contribution is 6.02. The van der Waals surface area contributed by atoms with Gasteiger partial charge in [0.25, 0.3) is 0 Å². The van der Waals surface area contributed by atoms with Crippen LogP contribution >= 0.6 is 0 Å². The van der Waals surface area contributed by atoms with Crippen molar-refractivity contribution in [3.63, 3.8) is 0 Å². The summed E-state index contributed by atoms with van der Waals surface area (Å²) in [6, 6.07) is 6.79. The number of ether oxygens (including phenoxy) is 2. The molecule has 1 aliphatic heterocycles. The Hall–Kier alpha value is -3.42. The van der Waals surface area contributed by atoms with E-state index in [1.807, 2.05) is 0 Å². The fourth-order valence-electron chi connectivity index (χ4n) is 2.44. The average molecular weight is 374 g/mol. The van der Waals surface area contributed by atoms with Gasteiger partial charge in [-0.2, -0.15) is 0 Å². The number of carbonyl (C=O) groups is 2. The highest BCUT2D eigenvalue weighted by Gasteiger charge is 2.13. The van der Waals surface area contributed by atoms with Gasteiger partial charge in [-0.05, 0) is 29.8 Å². The van der Waals surface area contributed by atoms with Gasteiger partial charge in [0, 0.05) is 19.1 Å². The first-order valence-electron chi connectivity index (χ1n) is 8.08. The van der Waals surface area contributed by atoms with Gasteiger partial charge in [0.2, 0.25) is 11.8 Å². The van der Waals surface area contributed by atoms with Crippen molar-refractivity contribution in [2.24, 2.45) is 0 Å². The predicted molar refractivity (Wildman–Crippen MR) is 95.8 cm³/mol. The summed E-state index contributed by atoms with van der Waals surface area (Å²) < 4.78 is 38.4. The number of carbonyl (C=O) groups excluding carboxylic acids is 2. The Labute approximate surface area is 153 Å². The number of fused-ring (bicyclic) bond motifs is 1. The molecular weight excluding hydrogens is 358 g/mol. The lowest BCUT2D eigenvalue weighted by molar-refractivity contribution is -0.114. The van der Waals surface area contributed by atoms with E-state index in [1.54, 1.807) is 18.2 Å². The van der Waals surface area contributed by atoms with Gasteiger partial charge < -0.3 is 20.1 Å². The zero-order valence-corrected chi connectivity index (χ0v) is 14.3. The number of benzene rings is 2. The zero-order valence-electron chi connectivity index (χ0n) is 14.3. The van der Waals surface area contributed by atoms with Crippen LogP contribution in [0, 0.1) is 11.6 Å². The Kier molecular flexibility index (Phi) is 5.35. The van der Waals surface area contributed by atoms with E-state index in [4.69, 9.17) is 9.47 Å². The topological polar surface area (TPSA) is 76.7 Å². The number of amides is 2. The minimum atomic E-state index is -0.956. The molecule has 0 fully saturated rings. The number of halogens is 2. The Bertz CT molecular complexity index is 928. The standard InChI is InChI=1S/C19H16F2N2O4/c1-11(24)22-15-10-16(14(21)9-13(15)20)23-19(25)5-3-12-2-4-17-18(8-12)27-7-6-26-17/h2-5,8-10H,6-7H2,1H3,(H,22,24)(H,23,25)/b5-3+. The molecule has 27 heavy (non-hydrogen) atoms. The molecule has 1 aliphatic rings. The summed E-state index contributed by atoms with van der Waals surface area (Å²) in [5.74, 6) is -1.83. The van der Waals surface area contributed by atoms with Crippen LogP contribution in [0.4, 0.5) is 20.2 Å². The SMILES string of the molecule is CC(=O)Nc1cc(NC(=O)/C=C/c2ccc3c(c2)OCCO3)c(F)cc1F. The van der Waals surface area contributed by atoms with Crippen LogP contribution in [-0.4, -0.2) is 25.0 Å². The molecule has 0 bridgehead atoms. The van der Waals surface area contributed by atoms with Crippen molar-refractivity contribution in [2.45, 2.75) is 6.92 Å². The van der Waals surface area contributed by atoms with E-state index in [0.717, 1.165) is 6.07 Å². The van der Waals surface area contributed by atoms with E-state index in [9.17, 15) is 18.4 Å². The van der Waals surface area contributed by atoms with E-state index in [0.29, 0.717) is 36.3 Å². The van der Waals surface area contributed by atoms with Crippen LogP contribution in [0.3, 0.4) is 0 Å². The third-order valence-electron chi connectivity index (χ3n) is 3.62. The highest BCUT2D eigenvalue weighted by atomic mass is 19.1. The van der Waals surface area contributed by atoms with Gasteiger partial charge in [-0.25, -0.2) is 8.78 Å². The minimum Gasteiger partial charge on any atom is -0.486 e. The first kappa shape index (κ1) is 18.4. The Morgan fingerprint density at radius 1 is 0.963 bits per heavy atom. The molecular formula is C19H16F2N2O4. The molecule has 0 unspecified atom stereocenters. The summed E-state index contributed by atoms with van der Waals surface area (Å²) in [6.07, 6.45) is 2.72. The normalized spacial score (nSPS) is 12.7. The lowest BCUT2D eigenvalue weighted by atomic mass is 10.1. The third-order valence-corrected chi connectivity index (χ3v) is 3.62. The summed E-state index contributed by atoms with van der Waals surface area (Å²) in [5.41, 5.74) is 0.208. The van der Waals surface area contributed by atoms with Gasteiger partial charge >= 0.3 is 0 Å². The predicted octanol–water partition coefficient (Wildman–Crippen LogP) is 3.35. The van der Waals surface area contributed by atoms with Crippen molar-refractivity contribution in [3.05, 3.63) is 53.6 Å².